The molecular formula is C42H50N8O6S. The van der Waals surface area contributed by atoms with Crippen molar-refractivity contribution in [1.82, 2.24) is 40.4 Å². The fourth-order valence-corrected chi connectivity index (χ4v) is 8.84. The first-order valence-corrected chi connectivity index (χ1v) is 20.3. The van der Waals surface area contributed by atoms with Gasteiger partial charge in [-0.05, 0) is 78.1 Å². The summed E-state index contributed by atoms with van der Waals surface area (Å²) in [6, 6.07) is 15.2. The molecule has 2 saturated heterocycles. The number of imidazole rings is 2. The van der Waals surface area contributed by atoms with Crippen LogP contribution in [-0.2, 0) is 19.1 Å². The van der Waals surface area contributed by atoms with Crippen molar-refractivity contribution in [3.63, 3.8) is 0 Å². The van der Waals surface area contributed by atoms with Gasteiger partial charge in [0.15, 0.2) is 0 Å². The Morgan fingerprint density at radius 3 is 1.68 bits per heavy atom. The number of alkyl carbamates (subject to hydrolysis) is 2. The highest BCUT2D eigenvalue weighted by Crippen LogP contribution is 2.38. The van der Waals surface area contributed by atoms with Gasteiger partial charge in [-0.1, -0.05) is 52.0 Å². The normalized spacial score (nSPS) is 18.0. The lowest BCUT2D eigenvalue weighted by Crippen LogP contribution is -2.51. The molecule has 0 aliphatic carbocycles. The van der Waals surface area contributed by atoms with Crippen LogP contribution in [0.4, 0.5) is 9.59 Å². The molecule has 4 amide bonds. The summed E-state index contributed by atoms with van der Waals surface area (Å²) in [6.45, 7) is 8.81. The zero-order chi connectivity index (χ0) is 40.4. The van der Waals surface area contributed by atoms with Crippen LogP contribution in [0.15, 0.2) is 60.9 Å². The van der Waals surface area contributed by atoms with Gasteiger partial charge in [0.25, 0.3) is 0 Å². The van der Waals surface area contributed by atoms with E-state index in [1.165, 1.54) is 14.2 Å². The van der Waals surface area contributed by atoms with Crippen LogP contribution in [0, 0.1) is 11.8 Å². The number of methoxy groups -OCH3 is 2. The van der Waals surface area contributed by atoms with E-state index in [1.54, 1.807) is 11.3 Å². The second-order valence-electron chi connectivity index (χ2n) is 15.4. The van der Waals surface area contributed by atoms with Crippen molar-refractivity contribution in [3.05, 3.63) is 72.6 Å². The molecule has 57 heavy (non-hydrogen) atoms. The molecule has 2 fully saturated rings. The number of likely N-dealkylation sites (tertiary alicyclic amines) is 2. The number of nitrogens with zero attached hydrogens (tertiary/aromatic N) is 4. The lowest BCUT2D eigenvalue weighted by Gasteiger charge is -2.30. The van der Waals surface area contributed by atoms with Gasteiger partial charge in [-0.3, -0.25) is 9.59 Å². The van der Waals surface area contributed by atoms with Crippen molar-refractivity contribution in [2.75, 3.05) is 27.3 Å². The maximum absolute atomic E-state index is 13.6. The van der Waals surface area contributed by atoms with Gasteiger partial charge in [0, 0.05) is 23.5 Å². The fraction of sp³-hybridized carbons (Fsp3) is 0.429. The molecule has 7 rings (SSSR count). The molecule has 2 aliphatic rings. The first-order chi connectivity index (χ1) is 27.4. The number of thiophene rings is 1. The van der Waals surface area contributed by atoms with Crippen LogP contribution in [-0.4, -0.2) is 93.1 Å². The van der Waals surface area contributed by atoms with Crippen molar-refractivity contribution in [2.24, 2.45) is 11.8 Å². The molecule has 0 radical (unpaired) electrons. The van der Waals surface area contributed by atoms with E-state index in [4.69, 9.17) is 19.4 Å². The van der Waals surface area contributed by atoms with E-state index in [-0.39, 0.29) is 35.7 Å². The van der Waals surface area contributed by atoms with Gasteiger partial charge >= 0.3 is 12.2 Å². The van der Waals surface area contributed by atoms with Crippen molar-refractivity contribution in [2.45, 2.75) is 77.5 Å². The predicted octanol–water partition coefficient (Wildman–Crippen LogP) is 7.44. The Kier molecular flexibility index (Phi) is 11.7. The number of H-pyrrole nitrogens is 2. The quantitative estimate of drug-likeness (QED) is 0.107. The zero-order valence-corrected chi connectivity index (χ0v) is 33.9. The van der Waals surface area contributed by atoms with E-state index in [0.717, 1.165) is 80.4 Å². The smallest absolute Gasteiger partial charge is 0.407 e. The van der Waals surface area contributed by atoms with E-state index in [0.29, 0.717) is 13.1 Å². The van der Waals surface area contributed by atoms with E-state index in [9.17, 15) is 19.2 Å². The minimum atomic E-state index is -0.688. The lowest BCUT2D eigenvalue weighted by atomic mass is 10.0. The third-order valence-corrected chi connectivity index (χ3v) is 12.2. The van der Waals surface area contributed by atoms with Gasteiger partial charge in [0.05, 0.1) is 55.0 Å². The Morgan fingerprint density at radius 1 is 0.684 bits per heavy atom. The van der Waals surface area contributed by atoms with Crippen molar-refractivity contribution < 1.29 is 28.7 Å². The Balaban J connectivity index is 1.04. The highest BCUT2D eigenvalue weighted by Gasteiger charge is 2.39. The van der Waals surface area contributed by atoms with E-state index >= 15 is 0 Å². The number of ether oxygens (including phenoxy) is 2. The number of aromatic amines is 2. The molecule has 3 aromatic heterocycles. The van der Waals surface area contributed by atoms with Gasteiger partial charge in [-0.2, -0.15) is 0 Å². The summed E-state index contributed by atoms with van der Waals surface area (Å²) in [5.74, 6) is 0.980. The molecule has 4 atom stereocenters. The number of rotatable bonds is 11. The maximum atomic E-state index is 13.6. The van der Waals surface area contributed by atoms with Gasteiger partial charge in [0.2, 0.25) is 11.8 Å². The van der Waals surface area contributed by atoms with Crippen molar-refractivity contribution in [1.29, 1.82) is 0 Å². The highest BCUT2D eigenvalue weighted by molar-refractivity contribution is 7.18. The van der Waals surface area contributed by atoms with Crippen LogP contribution < -0.4 is 10.6 Å². The molecule has 0 spiro atoms. The van der Waals surface area contributed by atoms with Gasteiger partial charge in [-0.25, -0.2) is 19.6 Å². The molecule has 2 aromatic carbocycles. The van der Waals surface area contributed by atoms with E-state index in [1.807, 2.05) is 49.9 Å². The molecule has 0 bridgehead atoms. The number of hydrogen-bond donors (Lipinski definition) is 4. The summed E-state index contributed by atoms with van der Waals surface area (Å²) in [5, 5.41) is 7.60. The second kappa shape index (κ2) is 16.8. The van der Waals surface area contributed by atoms with Crippen LogP contribution >= 0.6 is 11.3 Å². The molecule has 14 nitrogen and oxygen atoms in total. The van der Waals surface area contributed by atoms with E-state index < -0.39 is 24.3 Å². The molecule has 4 N–H and O–H groups in total. The summed E-state index contributed by atoms with van der Waals surface area (Å²) >= 11 is 1.67. The van der Waals surface area contributed by atoms with Crippen LogP contribution in [0.3, 0.4) is 0 Å². The average Bonchev–Trinajstić information content (AvgIpc) is 4.06. The third kappa shape index (κ3) is 8.24. The summed E-state index contributed by atoms with van der Waals surface area (Å²) in [6.07, 6.45) is 5.67. The van der Waals surface area contributed by atoms with Crippen molar-refractivity contribution >= 4 is 46.1 Å². The van der Waals surface area contributed by atoms with Crippen LogP contribution in [0.2, 0.25) is 0 Å². The largest absolute Gasteiger partial charge is 0.453 e. The first-order valence-electron chi connectivity index (χ1n) is 19.5. The average molecular weight is 795 g/mol. The van der Waals surface area contributed by atoms with Gasteiger partial charge in [-0.15, -0.1) is 11.3 Å². The third-order valence-electron chi connectivity index (χ3n) is 11.0. The number of carbonyl (C=O) groups is 4. The Hall–Kier alpha value is -5.70. The molecule has 300 valence electrons. The lowest BCUT2D eigenvalue weighted by molar-refractivity contribution is -0.136. The molecule has 0 saturated carbocycles. The second-order valence-corrected chi connectivity index (χ2v) is 16.5. The summed E-state index contributed by atoms with van der Waals surface area (Å²) in [5.41, 5.74) is 3.86. The Bertz CT molecular complexity index is 2260. The first kappa shape index (κ1) is 39.5. The monoisotopic (exact) mass is 794 g/mol. The Labute approximate surface area is 335 Å². The number of amides is 4. The summed E-state index contributed by atoms with van der Waals surface area (Å²) in [4.78, 5) is 73.3. The molecule has 1 unspecified atom stereocenters. The molecular weight excluding hydrogens is 745 g/mol. The van der Waals surface area contributed by atoms with Crippen molar-refractivity contribution in [3.8, 4) is 32.3 Å². The number of carbonyl (C=O) groups excluding carboxylic acids is 4. The summed E-state index contributed by atoms with van der Waals surface area (Å²) < 4.78 is 9.53. The number of benzene rings is 2. The van der Waals surface area contributed by atoms with Crippen LogP contribution in [0.25, 0.3) is 43.0 Å². The molecule has 5 heterocycles. The standard InChI is InChI=1S/C42H50N8O6S/c1-23(2)35(47-41(53)55-5)39(51)49-17-7-9-31(49)37-43-21-29(45-37)27-13-11-26-20-28(14-12-25(26)19-27)33-15-16-34(57-33)30-22-44-38(46-30)32-10-8-18-50(32)40(52)36(24(3)4)48-42(54)56-6/h11-16,19-24,31-32,35-36H,7-10,17-18H2,1-6H3,(H,43,45)(H,44,46)(H,47,53)(H,48,54)/t31-,32-,35?,36-/m1/s1. The zero-order valence-electron chi connectivity index (χ0n) is 33.1. The molecule has 15 heteroatoms. The van der Waals surface area contributed by atoms with Gasteiger partial charge < -0.3 is 39.9 Å². The number of aromatic nitrogens is 4. The SMILES string of the molecule is COC(=O)NC(C(=O)N1CCC[C@@H]1c1ncc(-c2ccc3cc(-c4ccc(-c5cnc([C@H]6CCCN6C(=O)[C@H](NC(=O)OC)C(C)C)[nH]5)s4)ccc3c2)[nH]1)C(C)C. The van der Waals surface area contributed by atoms with Gasteiger partial charge in [0.1, 0.15) is 23.7 Å². The highest BCUT2D eigenvalue weighted by atomic mass is 32.1. The molecule has 5 aromatic rings. The number of fused-ring (bicyclic) bond motifs is 1. The minimum absolute atomic E-state index is 0.104. The minimum Gasteiger partial charge on any atom is -0.453 e. The topological polar surface area (TPSA) is 175 Å². The Morgan fingerprint density at radius 2 is 1.16 bits per heavy atom. The predicted molar refractivity (Wildman–Crippen MR) is 218 cm³/mol. The van der Waals surface area contributed by atoms with E-state index in [2.05, 4.69) is 69.1 Å². The maximum Gasteiger partial charge on any atom is 0.407 e. The number of hydrogen-bond acceptors (Lipinski definition) is 9. The molecule has 2 aliphatic heterocycles. The van der Waals surface area contributed by atoms with Crippen LogP contribution in [0.5, 0.6) is 0 Å². The van der Waals surface area contributed by atoms with Crippen LogP contribution in [0.1, 0.15) is 77.1 Å². The number of nitrogens with one attached hydrogen (secondary N) is 4. The summed E-state index contributed by atoms with van der Waals surface area (Å²) in [7, 11) is 2.58. The fourth-order valence-electron chi connectivity index (χ4n) is 7.87.